The first-order valence-electron chi connectivity index (χ1n) is 3.99. The van der Waals surface area contributed by atoms with E-state index in [0.717, 1.165) is 0 Å². The standard InChI is InChI=1S/C7H19NSi/c1-4-6-9(5-2)7-8-3/h8-9H,4-7H2,1-3H3. The van der Waals surface area contributed by atoms with Gasteiger partial charge < -0.3 is 5.32 Å². The maximum atomic E-state index is 3.27. The van der Waals surface area contributed by atoms with Gasteiger partial charge >= 0.3 is 0 Å². The molecule has 0 fully saturated rings. The maximum absolute atomic E-state index is 3.27. The minimum absolute atomic E-state index is 0.324. The first-order chi connectivity index (χ1) is 4.35. The highest BCUT2D eigenvalue weighted by molar-refractivity contribution is 6.58. The van der Waals surface area contributed by atoms with Crippen LogP contribution in [0.15, 0.2) is 0 Å². The van der Waals surface area contributed by atoms with Crippen molar-refractivity contribution in [2.75, 3.05) is 13.2 Å². The predicted molar refractivity (Wildman–Crippen MR) is 46.7 cm³/mol. The second-order valence-electron chi connectivity index (χ2n) is 2.62. The minimum Gasteiger partial charge on any atom is -0.323 e. The van der Waals surface area contributed by atoms with E-state index in [-0.39, 0.29) is 8.80 Å². The van der Waals surface area contributed by atoms with Crippen molar-refractivity contribution in [3.8, 4) is 0 Å². The molecule has 0 aliphatic carbocycles. The normalized spacial score (nSPS) is 13.7. The van der Waals surface area contributed by atoms with Crippen LogP contribution in [0.4, 0.5) is 0 Å². The molecule has 1 N–H and O–H groups in total. The van der Waals surface area contributed by atoms with Crippen molar-refractivity contribution in [2.45, 2.75) is 32.4 Å². The zero-order valence-electron chi connectivity index (χ0n) is 6.91. The third-order valence-electron chi connectivity index (χ3n) is 1.77. The first-order valence-corrected chi connectivity index (χ1v) is 6.44. The lowest BCUT2D eigenvalue weighted by Crippen LogP contribution is -2.26. The van der Waals surface area contributed by atoms with Gasteiger partial charge in [-0.1, -0.05) is 32.4 Å². The molecule has 56 valence electrons. The number of hydrogen-bond acceptors (Lipinski definition) is 1. The third kappa shape index (κ3) is 4.67. The number of nitrogens with one attached hydrogen (secondary N) is 1. The summed E-state index contributed by atoms with van der Waals surface area (Å²) in [5, 5.41) is 3.27. The summed E-state index contributed by atoms with van der Waals surface area (Å²) in [6.07, 6.45) is 2.71. The minimum atomic E-state index is -0.324. The molecule has 0 aliphatic rings. The Labute approximate surface area is 60.5 Å². The van der Waals surface area contributed by atoms with E-state index in [1.54, 1.807) is 0 Å². The fourth-order valence-electron chi connectivity index (χ4n) is 1.15. The molecule has 1 atom stereocenters. The molecule has 0 saturated carbocycles. The summed E-state index contributed by atoms with van der Waals surface area (Å²) in [5.41, 5.74) is 0. The molecular weight excluding hydrogens is 126 g/mol. The molecule has 0 rings (SSSR count). The van der Waals surface area contributed by atoms with Crippen molar-refractivity contribution in [3.63, 3.8) is 0 Å². The molecule has 0 bridgehead atoms. The van der Waals surface area contributed by atoms with Gasteiger partial charge in [-0.2, -0.15) is 0 Å². The summed E-state index contributed by atoms with van der Waals surface area (Å²) in [5.74, 6) is 0. The second kappa shape index (κ2) is 6.30. The van der Waals surface area contributed by atoms with Gasteiger partial charge in [-0.15, -0.1) is 0 Å². The maximum Gasteiger partial charge on any atom is 0.0524 e. The predicted octanol–water partition coefficient (Wildman–Crippen LogP) is 1.40. The van der Waals surface area contributed by atoms with E-state index in [0.29, 0.717) is 0 Å². The summed E-state index contributed by atoms with van der Waals surface area (Å²) < 4.78 is 0. The lowest BCUT2D eigenvalue weighted by molar-refractivity contribution is 0.927. The molecule has 0 aliphatic heterocycles. The first kappa shape index (κ1) is 9.18. The SMILES string of the molecule is CCC[SiH](CC)CNC. The van der Waals surface area contributed by atoms with Crippen LogP contribution >= 0.6 is 0 Å². The fraction of sp³-hybridized carbons (Fsp3) is 1.00. The van der Waals surface area contributed by atoms with Crippen LogP contribution in [0.1, 0.15) is 20.3 Å². The molecule has 0 aromatic rings. The number of hydrogen-bond donors (Lipinski definition) is 1. The van der Waals surface area contributed by atoms with E-state index in [1.807, 2.05) is 0 Å². The Balaban J connectivity index is 3.18. The second-order valence-corrected chi connectivity index (χ2v) is 6.15. The lowest BCUT2D eigenvalue weighted by Gasteiger charge is -2.09. The summed E-state index contributed by atoms with van der Waals surface area (Å²) >= 11 is 0. The van der Waals surface area contributed by atoms with Crippen LogP contribution in [0.3, 0.4) is 0 Å². The Morgan fingerprint density at radius 2 is 2.00 bits per heavy atom. The Kier molecular flexibility index (Phi) is 6.42. The zero-order chi connectivity index (χ0) is 7.11. The summed E-state index contributed by atoms with van der Waals surface area (Å²) in [6, 6.07) is 2.96. The van der Waals surface area contributed by atoms with E-state index in [9.17, 15) is 0 Å². The number of rotatable bonds is 5. The molecule has 0 aromatic carbocycles. The third-order valence-corrected chi connectivity index (χ3v) is 5.30. The summed E-state index contributed by atoms with van der Waals surface area (Å²) in [7, 11) is 1.74. The van der Waals surface area contributed by atoms with E-state index in [4.69, 9.17) is 0 Å². The molecule has 0 spiro atoms. The summed E-state index contributed by atoms with van der Waals surface area (Å²) in [6.45, 7) is 4.61. The van der Waals surface area contributed by atoms with Crippen LogP contribution in [-0.4, -0.2) is 22.0 Å². The molecule has 1 nitrogen and oxygen atoms in total. The van der Waals surface area contributed by atoms with Gasteiger partial charge in [0.25, 0.3) is 0 Å². The van der Waals surface area contributed by atoms with Crippen molar-refractivity contribution in [1.82, 2.24) is 5.32 Å². The van der Waals surface area contributed by atoms with Gasteiger partial charge in [0.05, 0.1) is 8.80 Å². The molecule has 0 amide bonds. The average Bonchev–Trinajstić information content (AvgIpc) is 1.88. The van der Waals surface area contributed by atoms with Crippen molar-refractivity contribution in [1.29, 1.82) is 0 Å². The molecule has 0 heterocycles. The highest BCUT2D eigenvalue weighted by Crippen LogP contribution is 2.00. The van der Waals surface area contributed by atoms with Crippen molar-refractivity contribution >= 4 is 8.80 Å². The van der Waals surface area contributed by atoms with Crippen LogP contribution in [-0.2, 0) is 0 Å². The van der Waals surface area contributed by atoms with E-state index < -0.39 is 0 Å². The molecule has 0 saturated heterocycles. The quantitative estimate of drug-likeness (QED) is 0.577. The van der Waals surface area contributed by atoms with E-state index >= 15 is 0 Å². The Hall–Kier alpha value is 0.177. The van der Waals surface area contributed by atoms with Crippen LogP contribution in [0.25, 0.3) is 0 Å². The summed E-state index contributed by atoms with van der Waals surface area (Å²) in [4.78, 5) is 0. The van der Waals surface area contributed by atoms with Gasteiger partial charge in [-0.25, -0.2) is 0 Å². The van der Waals surface area contributed by atoms with Crippen molar-refractivity contribution < 1.29 is 0 Å². The smallest absolute Gasteiger partial charge is 0.0524 e. The van der Waals surface area contributed by atoms with Gasteiger partial charge in [0, 0.05) is 0 Å². The van der Waals surface area contributed by atoms with Crippen LogP contribution in [0, 0.1) is 0 Å². The Morgan fingerprint density at radius 3 is 2.33 bits per heavy atom. The van der Waals surface area contributed by atoms with Crippen LogP contribution < -0.4 is 5.32 Å². The van der Waals surface area contributed by atoms with Crippen LogP contribution in [0.2, 0.25) is 12.1 Å². The largest absolute Gasteiger partial charge is 0.323 e. The van der Waals surface area contributed by atoms with Crippen molar-refractivity contribution in [2.24, 2.45) is 0 Å². The Morgan fingerprint density at radius 1 is 1.33 bits per heavy atom. The van der Waals surface area contributed by atoms with Crippen molar-refractivity contribution in [3.05, 3.63) is 0 Å². The molecular formula is C7H19NSi. The highest BCUT2D eigenvalue weighted by Gasteiger charge is 2.03. The highest BCUT2D eigenvalue weighted by atomic mass is 28.3. The molecule has 0 aromatic heterocycles. The topological polar surface area (TPSA) is 12.0 Å². The van der Waals surface area contributed by atoms with E-state index in [1.165, 1.54) is 24.7 Å². The zero-order valence-corrected chi connectivity index (χ0v) is 8.06. The average molecular weight is 145 g/mol. The molecule has 9 heavy (non-hydrogen) atoms. The van der Waals surface area contributed by atoms with Gasteiger partial charge in [-0.3, -0.25) is 0 Å². The van der Waals surface area contributed by atoms with E-state index in [2.05, 4.69) is 26.2 Å². The van der Waals surface area contributed by atoms with Crippen LogP contribution in [0.5, 0.6) is 0 Å². The van der Waals surface area contributed by atoms with Gasteiger partial charge in [-0.05, 0) is 13.2 Å². The van der Waals surface area contributed by atoms with Gasteiger partial charge in [0.1, 0.15) is 0 Å². The fourth-order valence-corrected chi connectivity index (χ4v) is 3.44. The Bertz CT molecular complexity index is 50.9. The monoisotopic (exact) mass is 145 g/mol. The molecule has 0 radical (unpaired) electrons. The van der Waals surface area contributed by atoms with Gasteiger partial charge in [0.2, 0.25) is 0 Å². The lowest BCUT2D eigenvalue weighted by atomic mass is 10.6. The molecule has 1 unspecified atom stereocenters. The molecule has 2 heteroatoms. The van der Waals surface area contributed by atoms with Gasteiger partial charge in [0.15, 0.2) is 0 Å².